The van der Waals surface area contributed by atoms with Crippen LogP contribution in [0, 0.1) is 0 Å². The van der Waals surface area contributed by atoms with E-state index in [1.165, 1.54) is 27.8 Å². The van der Waals surface area contributed by atoms with Gasteiger partial charge >= 0.3 is 0 Å². The predicted octanol–water partition coefficient (Wildman–Crippen LogP) is 16.9. The number of hydrogen-bond acceptors (Lipinski definition) is 3. The highest BCUT2D eigenvalue weighted by Crippen LogP contribution is 2.42. The molecule has 0 aromatic heterocycles. The van der Waals surface area contributed by atoms with Crippen LogP contribution in [0.15, 0.2) is 279 Å². The Kier molecular flexibility index (Phi) is 11.6. The van der Waals surface area contributed by atoms with Crippen molar-refractivity contribution in [2.45, 2.75) is 5.92 Å². The highest BCUT2D eigenvalue weighted by atomic mass is 15.2. The molecule has 0 aliphatic carbocycles. The maximum atomic E-state index is 2.34. The minimum atomic E-state index is 0.00115. The summed E-state index contributed by atoms with van der Waals surface area (Å²) in [5.41, 5.74) is 16.0. The zero-order valence-corrected chi connectivity index (χ0v) is 35.5. The Labute approximate surface area is 377 Å². The summed E-state index contributed by atoms with van der Waals surface area (Å²) in [6.07, 6.45) is 0. The number of rotatable bonds is 13. The number of para-hydroxylation sites is 5. The van der Waals surface area contributed by atoms with Crippen molar-refractivity contribution in [1.29, 1.82) is 0 Å². The van der Waals surface area contributed by atoms with Gasteiger partial charge in [-0.2, -0.15) is 0 Å². The predicted molar refractivity (Wildman–Crippen MR) is 270 cm³/mol. The van der Waals surface area contributed by atoms with E-state index < -0.39 is 0 Å². The van der Waals surface area contributed by atoms with Crippen LogP contribution < -0.4 is 14.7 Å². The van der Waals surface area contributed by atoms with Crippen molar-refractivity contribution in [2.75, 3.05) is 14.7 Å². The third-order valence-corrected chi connectivity index (χ3v) is 11.8. The second kappa shape index (κ2) is 18.7. The summed E-state index contributed by atoms with van der Waals surface area (Å²) in [6.45, 7) is 0. The summed E-state index contributed by atoms with van der Waals surface area (Å²) in [7, 11) is 0. The first kappa shape index (κ1) is 39.7. The fraction of sp³-hybridized carbons (Fsp3) is 0.0164. The summed E-state index contributed by atoms with van der Waals surface area (Å²) in [4.78, 5) is 6.95. The van der Waals surface area contributed by atoms with Crippen LogP contribution in [0.25, 0.3) is 11.1 Å². The molecular weight excluding hydrogens is 775 g/mol. The first-order valence-corrected chi connectivity index (χ1v) is 21.9. The van der Waals surface area contributed by atoms with Gasteiger partial charge < -0.3 is 14.7 Å². The molecule has 64 heavy (non-hydrogen) atoms. The molecule has 306 valence electrons. The topological polar surface area (TPSA) is 9.72 Å². The summed E-state index contributed by atoms with van der Waals surface area (Å²) in [5, 5.41) is 0. The van der Waals surface area contributed by atoms with Gasteiger partial charge in [-0.3, -0.25) is 0 Å². The fourth-order valence-electron chi connectivity index (χ4n) is 8.69. The Morgan fingerprint density at radius 2 is 0.359 bits per heavy atom. The SMILES string of the molecule is c1ccc(-c2ccc(C(c3ccc(N(c4ccccc4)c4ccccc4)cc3)c3ccc(N(c4ccccc4)c4ccc(N(c5ccccc5)c5ccccc5)cc4)cc3)cc2)cc1. The van der Waals surface area contributed by atoms with E-state index in [1.54, 1.807) is 0 Å². The second-order valence-electron chi connectivity index (χ2n) is 15.8. The molecule has 3 nitrogen and oxygen atoms in total. The normalized spacial score (nSPS) is 11.4. The van der Waals surface area contributed by atoms with Gasteiger partial charge in [-0.1, -0.05) is 170 Å². The van der Waals surface area contributed by atoms with Crippen molar-refractivity contribution >= 4 is 51.2 Å². The minimum absolute atomic E-state index is 0.00115. The second-order valence-corrected chi connectivity index (χ2v) is 15.8. The van der Waals surface area contributed by atoms with E-state index in [2.05, 4.69) is 294 Å². The van der Waals surface area contributed by atoms with Crippen LogP contribution in [0.1, 0.15) is 22.6 Å². The Morgan fingerprint density at radius 3 is 0.625 bits per heavy atom. The average Bonchev–Trinajstić information content (AvgIpc) is 3.38. The van der Waals surface area contributed by atoms with Gasteiger partial charge in [0.1, 0.15) is 0 Å². The molecule has 3 heteroatoms. The largest absolute Gasteiger partial charge is 0.311 e. The number of anilines is 9. The van der Waals surface area contributed by atoms with Gasteiger partial charge in [-0.05, 0) is 137 Å². The lowest BCUT2D eigenvalue weighted by Gasteiger charge is -2.29. The van der Waals surface area contributed by atoms with Crippen LogP contribution in [0.5, 0.6) is 0 Å². The van der Waals surface area contributed by atoms with Crippen molar-refractivity contribution < 1.29 is 0 Å². The van der Waals surface area contributed by atoms with Crippen LogP contribution in [-0.4, -0.2) is 0 Å². The van der Waals surface area contributed by atoms with Gasteiger partial charge in [0.2, 0.25) is 0 Å². The number of benzene rings is 10. The highest BCUT2D eigenvalue weighted by molar-refractivity contribution is 5.82. The van der Waals surface area contributed by atoms with Gasteiger partial charge in [-0.15, -0.1) is 0 Å². The summed E-state index contributed by atoms with van der Waals surface area (Å²) in [6, 6.07) is 99.7. The van der Waals surface area contributed by atoms with Crippen LogP contribution in [-0.2, 0) is 0 Å². The molecule has 0 bridgehead atoms. The van der Waals surface area contributed by atoms with Crippen molar-refractivity contribution in [3.63, 3.8) is 0 Å². The van der Waals surface area contributed by atoms with Crippen molar-refractivity contribution in [2.24, 2.45) is 0 Å². The van der Waals surface area contributed by atoms with Gasteiger partial charge in [0.25, 0.3) is 0 Å². The van der Waals surface area contributed by atoms with Crippen molar-refractivity contribution in [3.05, 3.63) is 296 Å². The van der Waals surface area contributed by atoms with E-state index in [0.29, 0.717) is 0 Å². The van der Waals surface area contributed by atoms with E-state index in [1.807, 2.05) is 0 Å². The van der Waals surface area contributed by atoms with E-state index in [-0.39, 0.29) is 5.92 Å². The van der Waals surface area contributed by atoms with E-state index in [4.69, 9.17) is 0 Å². The molecule has 10 aromatic rings. The molecule has 0 saturated carbocycles. The molecule has 0 amide bonds. The molecule has 0 spiro atoms. The van der Waals surface area contributed by atoms with Gasteiger partial charge in [0.05, 0.1) is 0 Å². The van der Waals surface area contributed by atoms with Crippen molar-refractivity contribution in [1.82, 2.24) is 0 Å². The molecule has 0 heterocycles. The monoisotopic (exact) mass is 821 g/mol. The zero-order chi connectivity index (χ0) is 42.9. The molecule has 0 saturated heterocycles. The summed E-state index contributed by atoms with van der Waals surface area (Å²) < 4.78 is 0. The van der Waals surface area contributed by atoms with Gasteiger partial charge in [-0.25, -0.2) is 0 Å². The first-order valence-electron chi connectivity index (χ1n) is 21.9. The Balaban J connectivity index is 1.02. The van der Waals surface area contributed by atoms with E-state index >= 15 is 0 Å². The maximum Gasteiger partial charge on any atom is 0.0463 e. The molecule has 10 aromatic carbocycles. The van der Waals surface area contributed by atoms with E-state index in [9.17, 15) is 0 Å². The Bertz CT molecular complexity index is 2900. The fourth-order valence-corrected chi connectivity index (χ4v) is 8.69. The molecule has 0 radical (unpaired) electrons. The average molecular weight is 822 g/mol. The number of hydrogen-bond donors (Lipinski definition) is 0. The van der Waals surface area contributed by atoms with Crippen LogP contribution >= 0.6 is 0 Å². The van der Waals surface area contributed by atoms with Crippen molar-refractivity contribution in [3.8, 4) is 11.1 Å². The third-order valence-electron chi connectivity index (χ3n) is 11.8. The maximum absolute atomic E-state index is 2.34. The molecular formula is C61H47N3. The zero-order valence-electron chi connectivity index (χ0n) is 35.5. The molecule has 0 fully saturated rings. The number of nitrogens with zero attached hydrogens (tertiary/aromatic N) is 3. The van der Waals surface area contributed by atoms with Crippen LogP contribution in [0.2, 0.25) is 0 Å². The summed E-state index contributed by atoms with van der Waals surface area (Å²) in [5.74, 6) is 0.00115. The Hall–Kier alpha value is -8.40. The quantitative estimate of drug-likeness (QED) is 0.107. The minimum Gasteiger partial charge on any atom is -0.311 e. The van der Waals surface area contributed by atoms with Crippen LogP contribution in [0.3, 0.4) is 0 Å². The third kappa shape index (κ3) is 8.56. The standard InChI is InChI=1S/C61H47N3/c1-7-19-47(20-8-1)48-31-33-49(34-32-48)61(50-35-39-57(40-36-50)62(52-21-9-2-10-22-52)53-23-11-3-12-24-53)51-37-41-58(42-38-51)64(56-29-17-6-18-30-56)60-45-43-59(44-46-60)63(54-25-13-4-14-26-54)55-27-15-5-16-28-55/h1-46,61H. The molecule has 1 unspecified atom stereocenters. The lowest BCUT2D eigenvalue weighted by atomic mass is 9.84. The molecule has 0 aliphatic heterocycles. The summed E-state index contributed by atoms with van der Waals surface area (Å²) >= 11 is 0. The van der Waals surface area contributed by atoms with Gasteiger partial charge in [0, 0.05) is 57.1 Å². The first-order chi connectivity index (χ1) is 31.8. The molecule has 0 N–H and O–H groups in total. The molecule has 1 atom stereocenters. The van der Waals surface area contributed by atoms with E-state index in [0.717, 1.165) is 51.2 Å². The molecule has 10 rings (SSSR count). The van der Waals surface area contributed by atoms with Crippen LogP contribution in [0.4, 0.5) is 51.2 Å². The van der Waals surface area contributed by atoms with Gasteiger partial charge in [0.15, 0.2) is 0 Å². The lowest BCUT2D eigenvalue weighted by molar-refractivity contribution is 0.976. The Morgan fingerprint density at radius 1 is 0.172 bits per heavy atom. The molecule has 0 aliphatic rings. The lowest BCUT2D eigenvalue weighted by Crippen LogP contribution is -2.12. The smallest absolute Gasteiger partial charge is 0.0463 e. The highest BCUT2D eigenvalue weighted by Gasteiger charge is 2.21.